The number of piperidine rings is 1. The molecular weight excluding hydrogens is 264 g/mol. The predicted octanol–water partition coefficient (Wildman–Crippen LogP) is 2.45. The predicted molar refractivity (Wildman–Crippen MR) is 83.0 cm³/mol. The van der Waals surface area contributed by atoms with Gasteiger partial charge in [-0.15, -0.1) is 0 Å². The van der Waals surface area contributed by atoms with E-state index in [-0.39, 0.29) is 23.8 Å². The van der Waals surface area contributed by atoms with Crippen molar-refractivity contribution in [3.63, 3.8) is 0 Å². The number of amides is 2. The van der Waals surface area contributed by atoms with Crippen LogP contribution in [0.3, 0.4) is 0 Å². The van der Waals surface area contributed by atoms with Gasteiger partial charge in [0.25, 0.3) is 5.91 Å². The average molecular weight is 288 g/mol. The topological polar surface area (TPSA) is 49.4 Å². The van der Waals surface area contributed by atoms with Crippen molar-refractivity contribution in [2.45, 2.75) is 39.2 Å². The van der Waals surface area contributed by atoms with Crippen LogP contribution in [0.15, 0.2) is 30.3 Å². The highest BCUT2D eigenvalue weighted by Gasteiger charge is 2.26. The molecule has 0 radical (unpaired) electrons. The summed E-state index contributed by atoms with van der Waals surface area (Å²) in [4.78, 5) is 26.1. The number of nitrogens with one attached hydrogen (secondary N) is 1. The first kappa shape index (κ1) is 15.5. The van der Waals surface area contributed by atoms with Gasteiger partial charge in [-0.05, 0) is 31.4 Å². The van der Waals surface area contributed by atoms with Gasteiger partial charge in [0.15, 0.2) is 0 Å². The average Bonchev–Trinajstić information content (AvgIpc) is 2.55. The first-order chi connectivity index (χ1) is 10.1. The Kier molecular flexibility index (Phi) is 5.37. The fraction of sp³-hybridized carbons (Fsp3) is 0.529. The molecule has 1 aliphatic rings. The normalized spacial score (nSPS) is 17.3. The van der Waals surface area contributed by atoms with Gasteiger partial charge in [-0.2, -0.15) is 0 Å². The molecule has 1 aromatic rings. The summed E-state index contributed by atoms with van der Waals surface area (Å²) >= 11 is 0. The molecule has 1 aliphatic heterocycles. The van der Waals surface area contributed by atoms with E-state index >= 15 is 0 Å². The van der Waals surface area contributed by atoms with Crippen LogP contribution in [0.25, 0.3) is 0 Å². The lowest BCUT2D eigenvalue weighted by atomic mass is 10.0. The van der Waals surface area contributed by atoms with Crippen LogP contribution < -0.4 is 5.32 Å². The molecule has 21 heavy (non-hydrogen) atoms. The molecule has 1 aromatic carbocycles. The van der Waals surface area contributed by atoms with Crippen molar-refractivity contribution in [2.24, 2.45) is 5.92 Å². The van der Waals surface area contributed by atoms with Crippen molar-refractivity contribution in [3.8, 4) is 0 Å². The highest BCUT2D eigenvalue weighted by molar-refractivity contribution is 5.94. The second-order valence-electron chi connectivity index (χ2n) is 5.75. The molecule has 0 saturated carbocycles. The number of carbonyl (C=O) groups is 2. The van der Waals surface area contributed by atoms with E-state index in [2.05, 4.69) is 5.32 Å². The van der Waals surface area contributed by atoms with E-state index in [4.69, 9.17) is 0 Å². The fourth-order valence-electron chi connectivity index (χ4n) is 2.59. The summed E-state index contributed by atoms with van der Waals surface area (Å²) in [7, 11) is 0. The van der Waals surface area contributed by atoms with Gasteiger partial charge in [0.05, 0.1) is 0 Å². The minimum absolute atomic E-state index is 0.0256. The molecule has 1 unspecified atom stereocenters. The van der Waals surface area contributed by atoms with Gasteiger partial charge in [-0.1, -0.05) is 32.0 Å². The van der Waals surface area contributed by atoms with Crippen LogP contribution in [0.2, 0.25) is 0 Å². The van der Waals surface area contributed by atoms with Crippen molar-refractivity contribution in [3.05, 3.63) is 35.9 Å². The zero-order chi connectivity index (χ0) is 15.2. The lowest BCUT2D eigenvalue weighted by Gasteiger charge is -2.33. The zero-order valence-corrected chi connectivity index (χ0v) is 12.8. The van der Waals surface area contributed by atoms with E-state index in [1.807, 2.05) is 49.1 Å². The third-order valence-corrected chi connectivity index (χ3v) is 4.21. The Morgan fingerprint density at radius 1 is 1.24 bits per heavy atom. The second-order valence-corrected chi connectivity index (χ2v) is 5.75. The third kappa shape index (κ3) is 4.06. The second kappa shape index (κ2) is 7.25. The molecule has 0 spiro atoms. The van der Waals surface area contributed by atoms with Crippen molar-refractivity contribution in [2.75, 3.05) is 13.1 Å². The maximum atomic E-state index is 12.1. The Morgan fingerprint density at radius 2 is 1.86 bits per heavy atom. The quantitative estimate of drug-likeness (QED) is 0.925. The van der Waals surface area contributed by atoms with Crippen LogP contribution in [-0.2, 0) is 4.79 Å². The number of hydrogen-bond acceptors (Lipinski definition) is 2. The van der Waals surface area contributed by atoms with Crippen molar-refractivity contribution >= 4 is 11.8 Å². The lowest BCUT2D eigenvalue weighted by Crippen LogP contribution is -2.47. The number of carbonyl (C=O) groups excluding carboxylic acids is 2. The van der Waals surface area contributed by atoms with Crippen LogP contribution in [-0.4, -0.2) is 35.8 Å². The van der Waals surface area contributed by atoms with Crippen LogP contribution in [0.4, 0.5) is 0 Å². The molecule has 1 fully saturated rings. The van der Waals surface area contributed by atoms with Gasteiger partial charge in [-0.25, -0.2) is 0 Å². The van der Waals surface area contributed by atoms with E-state index in [0.29, 0.717) is 5.56 Å². The van der Waals surface area contributed by atoms with Gasteiger partial charge in [0.2, 0.25) is 5.91 Å². The van der Waals surface area contributed by atoms with Gasteiger partial charge >= 0.3 is 0 Å². The number of likely N-dealkylation sites (tertiary alicyclic amines) is 1. The van der Waals surface area contributed by atoms with E-state index in [9.17, 15) is 9.59 Å². The van der Waals surface area contributed by atoms with Crippen LogP contribution >= 0.6 is 0 Å². The molecule has 0 bridgehead atoms. The smallest absolute Gasteiger partial charge is 0.251 e. The molecule has 1 saturated heterocycles. The van der Waals surface area contributed by atoms with E-state index in [1.54, 1.807) is 0 Å². The summed E-state index contributed by atoms with van der Waals surface area (Å²) in [6, 6.07) is 9.42. The molecule has 1 N–H and O–H groups in total. The monoisotopic (exact) mass is 288 g/mol. The Bertz CT molecular complexity index is 479. The Balaban J connectivity index is 1.82. The van der Waals surface area contributed by atoms with Crippen molar-refractivity contribution in [1.29, 1.82) is 0 Å². The van der Waals surface area contributed by atoms with Crippen LogP contribution in [0, 0.1) is 5.92 Å². The van der Waals surface area contributed by atoms with Crippen molar-refractivity contribution in [1.82, 2.24) is 10.2 Å². The highest BCUT2D eigenvalue weighted by Crippen LogP contribution is 2.15. The van der Waals surface area contributed by atoms with Gasteiger partial charge < -0.3 is 10.2 Å². The molecule has 1 atom stereocenters. The molecule has 4 heteroatoms. The Labute approximate surface area is 126 Å². The zero-order valence-electron chi connectivity index (χ0n) is 12.8. The first-order valence-corrected chi connectivity index (χ1v) is 7.76. The number of rotatable bonds is 4. The first-order valence-electron chi connectivity index (χ1n) is 7.76. The van der Waals surface area contributed by atoms with E-state index in [1.165, 1.54) is 0 Å². The number of nitrogens with zero attached hydrogens (tertiary/aromatic N) is 1. The summed E-state index contributed by atoms with van der Waals surface area (Å²) < 4.78 is 0. The molecule has 0 aliphatic carbocycles. The SMILES string of the molecule is CCC(C)C(=O)N1CCC(NC(=O)c2ccccc2)CC1. The van der Waals surface area contributed by atoms with Crippen LogP contribution in [0.5, 0.6) is 0 Å². The number of benzene rings is 1. The van der Waals surface area contributed by atoms with Gasteiger partial charge in [0, 0.05) is 30.6 Å². The lowest BCUT2D eigenvalue weighted by molar-refractivity contribution is -0.136. The maximum Gasteiger partial charge on any atom is 0.251 e. The summed E-state index contributed by atoms with van der Waals surface area (Å²) in [5, 5.41) is 3.06. The number of hydrogen-bond donors (Lipinski definition) is 1. The van der Waals surface area contributed by atoms with Crippen LogP contribution in [0.1, 0.15) is 43.5 Å². The molecule has 4 nitrogen and oxygen atoms in total. The fourth-order valence-corrected chi connectivity index (χ4v) is 2.59. The maximum absolute atomic E-state index is 12.1. The minimum Gasteiger partial charge on any atom is -0.349 e. The highest BCUT2D eigenvalue weighted by atomic mass is 16.2. The third-order valence-electron chi connectivity index (χ3n) is 4.21. The van der Waals surface area contributed by atoms with Gasteiger partial charge in [0.1, 0.15) is 0 Å². The Morgan fingerprint density at radius 3 is 2.43 bits per heavy atom. The summed E-state index contributed by atoms with van der Waals surface area (Å²) in [6.07, 6.45) is 2.55. The molecular formula is C17H24N2O2. The molecule has 114 valence electrons. The molecule has 0 aromatic heterocycles. The van der Waals surface area contributed by atoms with E-state index in [0.717, 1.165) is 32.4 Å². The summed E-state index contributed by atoms with van der Waals surface area (Å²) in [6.45, 7) is 5.49. The molecule has 1 heterocycles. The summed E-state index contributed by atoms with van der Waals surface area (Å²) in [5.41, 5.74) is 0.690. The van der Waals surface area contributed by atoms with Crippen molar-refractivity contribution < 1.29 is 9.59 Å². The molecule has 2 rings (SSSR count). The van der Waals surface area contributed by atoms with E-state index < -0.39 is 0 Å². The molecule has 2 amide bonds. The minimum atomic E-state index is -0.0256. The summed E-state index contributed by atoms with van der Waals surface area (Å²) in [5.74, 6) is 0.313. The Hall–Kier alpha value is -1.84. The largest absolute Gasteiger partial charge is 0.349 e. The van der Waals surface area contributed by atoms with Gasteiger partial charge in [-0.3, -0.25) is 9.59 Å². The standard InChI is InChI=1S/C17H24N2O2/c1-3-13(2)17(21)19-11-9-15(10-12-19)18-16(20)14-7-5-4-6-8-14/h4-8,13,15H,3,9-12H2,1-2H3,(H,18,20).